The van der Waals surface area contributed by atoms with Gasteiger partial charge in [-0.05, 0) is 30.2 Å². The van der Waals surface area contributed by atoms with Gasteiger partial charge < -0.3 is 16.4 Å². The second kappa shape index (κ2) is 7.71. The third-order valence-corrected chi connectivity index (χ3v) is 4.18. The second-order valence-corrected chi connectivity index (χ2v) is 9.75. The molecule has 1 aromatic rings. The molecule has 0 heterocycles. The van der Waals surface area contributed by atoms with Gasteiger partial charge in [0.05, 0.1) is 0 Å². The SMILES string of the molecule is CC(C)(C)C(=O)Nc1cc(CC(C)(C)C(N)=O)cc(NC(=O)C(C)(C)C)c1. The second-order valence-electron chi connectivity index (χ2n) is 9.75. The zero-order valence-corrected chi connectivity index (χ0v) is 17.7. The molecule has 6 heteroatoms. The molecule has 27 heavy (non-hydrogen) atoms. The van der Waals surface area contributed by atoms with E-state index in [1.807, 2.05) is 41.5 Å². The van der Waals surface area contributed by atoms with E-state index in [9.17, 15) is 14.4 Å². The van der Waals surface area contributed by atoms with Crippen LogP contribution >= 0.6 is 0 Å². The molecule has 0 unspecified atom stereocenters. The van der Waals surface area contributed by atoms with Crippen molar-refractivity contribution in [3.8, 4) is 0 Å². The predicted molar refractivity (Wildman–Crippen MR) is 109 cm³/mol. The Kier molecular flexibility index (Phi) is 6.47. The topological polar surface area (TPSA) is 101 Å². The van der Waals surface area contributed by atoms with E-state index in [4.69, 9.17) is 5.73 Å². The fourth-order valence-electron chi connectivity index (χ4n) is 2.17. The summed E-state index contributed by atoms with van der Waals surface area (Å²) in [6.45, 7) is 14.5. The van der Waals surface area contributed by atoms with Crippen LogP contribution in [0.4, 0.5) is 11.4 Å². The molecule has 0 bridgehead atoms. The lowest BCUT2D eigenvalue weighted by molar-refractivity contribution is -0.126. The molecule has 0 fully saturated rings. The van der Waals surface area contributed by atoms with Crippen molar-refractivity contribution in [1.29, 1.82) is 0 Å². The van der Waals surface area contributed by atoms with E-state index in [0.29, 0.717) is 17.8 Å². The molecule has 0 radical (unpaired) electrons. The van der Waals surface area contributed by atoms with Crippen molar-refractivity contribution in [1.82, 2.24) is 0 Å². The van der Waals surface area contributed by atoms with Gasteiger partial charge in [-0.3, -0.25) is 14.4 Å². The third-order valence-electron chi connectivity index (χ3n) is 4.18. The highest BCUT2D eigenvalue weighted by atomic mass is 16.2. The Morgan fingerprint density at radius 3 is 1.44 bits per heavy atom. The Morgan fingerprint density at radius 2 is 1.15 bits per heavy atom. The molecule has 0 atom stereocenters. The maximum absolute atomic E-state index is 12.4. The average Bonchev–Trinajstić information content (AvgIpc) is 2.44. The number of carbonyl (C=O) groups is 3. The number of rotatable bonds is 5. The van der Waals surface area contributed by atoms with Gasteiger partial charge in [0.1, 0.15) is 0 Å². The molecule has 6 nitrogen and oxygen atoms in total. The minimum absolute atomic E-state index is 0.137. The lowest BCUT2D eigenvalue weighted by atomic mass is 9.85. The number of nitrogens with two attached hydrogens (primary N) is 1. The maximum atomic E-state index is 12.4. The Hall–Kier alpha value is -2.37. The molecule has 0 aliphatic heterocycles. The first-order valence-electron chi connectivity index (χ1n) is 9.09. The van der Waals surface area contributed by atoms with Crippen molar-refractivity contribution in [2.45, 2.75) is 61.8 Å². The number of carbonyl (C=O) groups excluding carboxylic acids is 3. The number of primary amides is 1. The van der Waals surface area contributed by atoms with Crippen LogP contribution < -0.4 is 16.4 Å². The highest BCUT2D eigenvalue weighted by Gasteiger charge is 2.27. The van der Waals surface area contributed by atoms with Crippen molar-refractivity contribution in [2.75, 3.05) is 10.6 Å². The summed E-state index contributed by atoms with van der Waals surface area (Å²) in [7, 11) is 0. The van der Waals surface area contributed by atoms with E-state index in [1.54, 1.807) is 32.0 Å². The number of anilines is 2. The normalized spacial score (nSPS) is 12.4. The summed E-state index contributed by atoms with van der Waals surface area (Å²) < 4.78 is 0. The van der Waals surface area contributed by atoms with Gasteiger partial charge in [-0.1, -0.05) is 55.4 Å². The zero-order valence-electron chi connectivity index (χ0n) is 17.7. The number of hydrogen-bond acceptors (Lipinski definition) is 3. The zero-order chi connectivity index (χ0) is 21.2. The first-order valence-corrected chi connectivity index (χ1v) is 9.09. The standard InChI is InChI=1S/C21H33N3O3/c1-19(2,3)17(26)23-14-9-13(12-21(7,8)16(22)25)10-15(11-14)24-18(27)20(4,5)6/h9-11H,12H2,1-8H3,(H2,22,25)(H,23,26)(H,24,27). The molecule has 0 spiro atoms. The molecular formula is C21H33N3O3. The molecule has 0 aromatic heterocycles. The van der Waals surface area contributed by atoms with Gasteiger partial charge in [0.2, 0.25) is 17.7 Å². The van der Waals surface area contributed by atoms with Crippen LogP contribution in [0.1, 0.15) is 61.0 Å². The van der Waals surface area contributed by atoms with E-state index >= 15 is 0 Å². The van der Waals surface area contributed by atoms with Crippen LogP contribution in [0.5, 0.6) is 0 Å². The van der Waals surface area contributed by atoms with Crippen molar-refractivity contribution in [3.63, 3.8) is 0 Å². The van der Waals surface area contributed by atoms with Gasteiger partial charge in [-0.15, -0.1) is 0 Å². The van der Waals surface area contributed by atoms with Crippen LogP contribution in [0.2, 0.25) is 0 Å². The summed E-state index contributed by atoms with van der Waals surface area (Å²) >= 11 is 0. The van der Waals surface area contributed by atoms with Gasteiger partial charge in [0.15, 0.2) is 0 Å². The highest BCUT2D eigenvalue weighted by molar-refractivity contribution is 5.97. The Labute approximate surface area is 162 Å². The summed E-state index contributed by atoms with van der Waals surface area (Å²) in [6, 6.07) is 5.33. The van der Waals surface area contributed by atoms with Crippen LogP contribution in [0.25, 0.3) is 0 Å². The highest BCUT2D eigenvalue weighted by Crippen LogP contribution is 2.28. The van der Waals surface area contributed by atoms with Crippen LogP contribution in [0.3, 0.4) is 0 Å². The molecule has 0 saturated heterocycles. The molecule has 0 aliphatic carbocycles. The monoisotopic (exact) mass is 375 g/mol. The minimum Gasteiger partial charge on any atom is -0.369 e. The van der Waals surface area contributed by atoms with Gasteiger partial charge in [-0.25, -0.2) is 0 Å². The van der Waals surface area contributed by atoms with Gasteiger partial charge in [0.25, 0.3) is 0 Å². The lowest BCUT2D eigenvalue weighted by Crippen LogP contribution is -2.33. The van der Waals surface area contributed by atoms with Crippen LogP contribution in [-0.4, -0.2) is 17.7 Å². The third kappa shape index (κ3) is 6.70. The van der Waals surface area contributed by atoms with E-state index in [0.717, 1.165) is 5.56 Å². The summed E-state index contributed by atoms with van der Waals surface area (Å²) in [6.07, 6.45) is 0.389. The van der Waals surface area contributed by atoms with Crippen molar-refractivity contribution in [3.05, 3.63) is 23.8 Å². The molecule has 0 saturated carbocycles. The maximum Gasteiger partial charge on any atom is 0.229 e. The smallest absolute Gasteiger partial charge is 0.229 e. The Morgan fingerprint density at radius 1 is 0.778 bits per heavy atom. The van der Waals surface area contributed by atoms with Crippen LogP contribution in [-0.2, 0) is 20.8 Å². The van der Waals surface area contributed by atoms with Crippen molar-refractivity contribution in [2.24, 2.45) is 22.0 Å². The number of hydrogen-bond donors (Lipinski definition) is 3. The fraction of sp³-hybridized carbons (Fsp3) is 0.571. The molecule has 1 aromatic carbocycles. The Balaban J connectivity index is 3.28. The van der Waals surface area contributed by atoms with Crippen LogP contribution in [0.15, 0.2) is 18.2 Å². The molecular weight excluding hydrogens is 342 g/mol. The molecule has 150 valence electrons. The van der Waals surface area contributed by atoms with Crippen LogP contribution in [0, 0.1) is 16.2 Å². The summed E-state index contributed by atoms with van der Waals surface area (Å²) in [5.41, 5.74) is 5.56. The van der Waals surface area contributed by atoms with E-state index in [2.05, 4.69) is 10.6 Å². The summed E-state index contributed by atoms with van der Waals surface area (Å²) in [4.78, 5) is 36.4. The number of benzene rings is 1. The molecule has 4 N–H and O–H groups in total. The van der Waals surface area contributed by atoms with Crippen molar-refractivity contribution < 1.29 is 14.4 Å². The Bertz CT molecular complexity index is 692. The predicted octanol–water partition coefficient (Wildman–Crippen LogP) is 3.71. The largest absolute Gasteiger partial charge is 0.369 e. The first kappa shape index (κ1) is 22.7. The van der Waals surface area contributed by atoms with Gasteiger partial charge >= 0.3 is 0 Å². The molecule has 0 aliphatic rings. The molecule has 1 rings (SSSR count). The number of nitrogens with one attached hydrogen (secondary N) is 2. The minimum atomic E-state index is -0.752. The van der Waals surface area contributed by atoms with Gasteiger partial charge in [-0.2, -0.15) is 0 Å². The number of amides is 3. The summed E-state index contributed by atoms with van der Waals surface area (Å²) in [5, 5.41) is 5.77. The van der Waals surface area contributed by atoms with Crippen molar-refractivity contribution >= 4 is 29.1 Å². The summed E-state index contributed by atoms with van der Waals surface area (Å²) in [5.74, 6) is -0.685. The average molecular weight is 376 g/mol. The fourth-order valence-corrected chi connectivity index (χ4v) is 2.17. The lowest BCUT2D eigenvalue weighted by Gasteiger charge is -2.23. The quantitative estimate of drug-likeness (QED) is 0.731. The molecule has 3 amide bonds. The van der Waals surface area contributed by atoms with Gasteiger partial charge in [0, 0.05) is 27.6 Å². The van der Waals surface area contributed by atoms with E-state index in [1.165, 1.54) is 0 Å². The van der Waals surface area contributed by atoms with E-state index in [-0.39, 0.29) is 11.8 Å². The first-order chi connectivity index (χ1) is 12.0. The van der Waals surface area contributed by atoms with E-state index < -0.39 is 22.2 Å².